The summed E-state index contributed by atoms with van der Waals surface area (Å²) in [5.74, 6) is 5.59. The van der Waals surface area contributed by atoms with Gasteiger partial charge in [-0.25, -0.2) is 0 Å². The molecule has 0 aliphatic heterocycles. The van der Waals surface area contributed by atoms with Crippen molar-refractivity contribution in [1.29, 1.82) is 0 Å². The molecule has 3 nitrogen and oxygen atoms in total. The van der Waals surface area contributed by atoms with Crippen molar-refractivity contribution in [3.05, 3.63) is 0 Å². The molecular weight excluding hydrogens is 188 g/mol. The van der Waals surface area contributed by atoms with Gasteiger partial charge in [0.25, 0.3) is 0 Å². The molecule has 0 saturated carbocycles. The van der Waals surface area contributed by atoms with Gasteiger partial charge in [0.05, 0.1) is 6.10 Å². The highest BCUT2D eigenvalue weighted by Gasteiger charge is 2.19. The van der Waals surface area contributed by atoms with Crippen LogP contribution in [0.2, 0.25) is 0 Å². The Balaban J connectivity index is 3.93. The summed E-state index contributed by atoms with van der Waals surface area (Å²) in [5.41, 5.74) is 2.91. The van der Waals surface area contributed by atoms with E-state index >= 15 is 0 Å². The zero-order valence-corrected chi connectivity index (χ0v) is 10.6. The fraction of sp³-hybridized carbons (Fsp3) is 1.00. The van der Waals surface area contributed by atoms with Crippen molar-refractivity contribution >= 4 is 0 Å². The summed E-state index contributed by atoms with van der Waals surface area (Å²) in [5, 5.41) is 0. The van der Waals surface area contributed by atoms with Crippen LogP contribution in [0, 0.1) is 0 Å². The maximum Gasteiger partial charge on any atom is 0.0741 e. The Morgan fingerprint density at radius 2 is 1.80 bits per heavy atom. The molecule has 0 spiro atoms. The first-order chi connectivity index (χ1) is 7.29. The topological polar surface area (TPSA) is 47.3 Å². The van der Waals surface area contributed by atoms with Crippen LogP contribution in [0.25, 0.3) is 0 Å². The van der Waals surface area contributed by atoms with E-state index in [1.165, 1.54) is 19.3 Å². The van der Waals surface area contributed by atoms with E-state index in [4.69, 9.17) is 10.6 Å². The summed E-state index contributed by atoms with van der Waals surface area (Å²) in [6.45, 7) is 7.22. The van der Waals surface area contributed by atoms with Crippen LogP contribution in [-0.4, -0.2) is 18.8 Å². The minimum absolute atomic E-state index is 0.279. The average molecular weight is 216 g/mol. The first-order valence-electron chi connectivity index (χ1n) is 6.37. The molecule has 3 N–H and O–H groups in total. The molecule has 0 aromatic carbocycles. The smallest absolute Gasteiger partial charge is 0.0741 e. The zero-order valence-electron chi connectivity index (χ0n) is 10.6. The van der Waals surface area contributed by atoms with Crippen LogP contribution in [0.5, 0.6) is 0 Å². The van der Waals surface area contributed by atoms with Crippen LogP contribution in [0.3, 0.4) is 0 Å². The average Bonchev–Trinajstić information content (AvgIpc) is 2.24. The lowest BCUT2D eigenvalue weighted by atomic mass is 10.0. The van der Waals surface area contributed by atoms with Crippen molar-refractivity contribution in [2.24, 2.45) is 5.84 Å². The Hall–Kier alpha value is -0.120. The van der Waals surface area contributed by atoms with Gasteiger partial charge in [0.2, 0.25) is 0 Å². The molecule has 3 heteroatoms. The largest absolute Gasteiger partial charge is 0.377 e. The molecule has 0 bridgehead atoms. The highest BCUT2D eigenvalue weighted by atomic mass is 16.5. The second kappa shape index (κ2) is 10.4. The molecule has 0 radical (unpaired) electrons. The highest BCUT2D eigenvalue weighted by molar-refractivity contribution is 4.74. The van der Waals surface area contributed by atoms with Gasteiger partial charge in [-0.05, 0) is 19.8 Å². The van der Waals surface area contributed by atoms with Crippen molar-refractivity contribution in [1.82, 2.24) is 5.43 Å². The number of nitrogens with two attached hydrogens (primary N) is 1. The Morgan fingerprint density at radius 1 is 1.07 bits per heavy atom. The minimum atomic E-state index is 0.279. The van der Waals surface area contributed by atoms with Gasteiger partial charge < -0.3 is 4.74 Å². The number of nitrogens with one attached hydrogen (secondary N) is 1. The molecule has 0 heterocycles. The van der Waals surface area contributed by atoms with Gasteiger partial charge in [-0.1, -0.05) is 39.5 Å². The molecule has 92 valence electrons. The predicted molar refractivity (Wildman–Crippen MR) is 65.6 cm³/mol. The van der Waals surface area contributed by atoms with Gasteiger partial charge in [0.1, 0.15) is 0 Å². The Labute approximate surface area is 94.7 Å². The van der Waals surface area contributed by atoms with E-state index in [2.05, 4.69) is 19.3 Å². The van der Waals surface area contributed by atoms with Crippen LogP contribution in [0.4, 0.5) is 0 Å². The highest BCUT2D eigenvalue weighted by Crippen LogP contribution is 2.13. The Kier molecular flexibility index (Phi) is 10.3. The Bertz CT molecular complexity index is 125. The predicted octanol–water partition coefficient (Wildman–Crippen LogP) is 2.60. The van der Waals surface area contributed by atoms with E-state index in [0.29, 0.717) is 6.04 Å². The quantitative estimate of drug-likeness (QED) is 0.335. The molecular formula is C12H28N2O. The van der Waals surface area contributed by atoms with Gasteiger partial charge in [-0.15, -0.1) is 0 Å². The summed E-state index contributed by atoms with van der Waals surface area (Å²) in [4.78, 5) is 0. The van der Waals surface area contributed by atoms with Gasteiger partial charge in [-0.3, -0.25) is 11.3 Å². The number of hydrazine groups is 1. The molecule has 0 aliphatic rings. The lowest BCUT2D eigenvalue weighted by molar-refractivity contribution is 0.0253. The molecule has 0 amide bonds. The van der Waals surface area contributed by atoms with Crippen LogP contribution < -0.4 is 11.3 Å². The summed E-state index contributed by atoms with van der Waals surface area (Å²) >= 11 is 0. The summed E-state index contributed by atoms with van der Waals surface area (Å²) < 4.78 is 5.72. The summed E-state index contributed by atoms with van der Waals surface area (Å²) in [7, 11) is 0. The first kappa shape index (κ1) is 14.9. The van der Waals surface area contributed by atoms with Crippen LogP contribution in [-0.2, 0) is 4.74 Å². The number of ether oxygens (including phenoxy) is 1. The zero-order chi connectivity index (χ0) is 11.5. The van der Waals surface area contributed by atoms with Crippen molar-refractivity contribution in [2.75, 3.05) is 6.61 Å². The third-order valence-corrected chi connectivity index (χ3v) is 2.74. The van der Waals surface area contributed by atoms with Gasteiger partial charge in [-0.2, -0.15) is 0 Å². The maximum absolute atomic E-state index is 5.72. The lowest BCUT2D eigenvalue weighted by Crippen LogP contribution is -2.45. The fourth-order valence-corrected chi connectivity index (χ4v) is 1.89. The molecule has 2 unspecified atom stereocenters. The van der Waals surface area contributed by atoms with Gasteiger partial charge in [0, 0.05) is 12.6 Å². The molecule has 0 rings (SSSR count). The normalized spacial score (nSPS) is 15.2. The van der Waals surface area contributed by atoms with Crippen LogP contribution in [0.1, 0.15) is 59.3 Å². The Morgan fingerprint density at radius 3 is 2.27 bits per heavy atom. The molecule has 0 saturated heterocycles. The first-order valence-corrected chi connectivity index (χ1v) is 6.37. The monoisotopic (exact) mass is 216 g/mol. The standard InChI is InChI=1S/C12H28N2O/c1-4-7-8-10-11(14-13)12(9-5-2)15-6-3/h11-12,14H,4-10,13H2,1-3H3. The van der Waals surface area contributed by atoms with Gasteiger partial charge >= 0.3 is 0 Å². The van der Waals surface area contributed by atoms with E-state index in [-0.39, 0.29) is 6.10 Å². The van der Waals surface area contributed by atoms with Crippen molar-refractivity contribution < 1.29 is 4.74 Å². The van der Waals surface area contributed by atoms with E-state index < -0.39 is 0 Å². The van der Waals surface area contributed by atoms with Crippen molar-refractivity contribution in [3.63, 3.8) is 0 Å². The number of hydrogen-bond acceptors (Lipinski definition) is 3. The third kappa shape index (κ3) is 6.88. The second-order valence-corrected chi connectivity index (χ2v) is 4.05. The van der Waals surface area contributed by atoms with E-state index in [9.17, 15) is 0 Å². The molecule has 0 aromatic heterocycles. The molecule has 15 heavy (non-hydrogen) atoms. The minimum Gasteiger partial charge on any atom is -0.377 e. The second-order valence-electron chi connectivity index (χ2n) is 4.05. The molecule has 2 atom stereocenters. The van der Waals surface area contributed by atoms with Crippen molar-refractivity contribution in [2.45, 2.75) is 71.4 Å². The van der Waals surface area contributed by atoms with Crippen molar-refractivity contribution in [3.8, 4) is 0 Å². The van der Waals surface area contributed by atoms with Gasteiger partial charge in [0.15, 0.2) is 0 Å². The van der Waals surface area contributed by atoms with E-state index in [1.807, 2.05) is 6.92 Å². The molecule has 0 aliphatic carbocycles. The van der Waals surface area contributed by atoms with E-state index in [1.54, 1.807) is 0 Å². The summed E-state index contributed by atoms with van der Waals surface area (Å²) in [6.07, 6.45) is 7.41. The van der Waals surface area contributed by atoms with E-state index in [0.717, 1.165) is 25.9 Å². The number of rotatable bonds is 10. The molecule has 0 aromatic rings. The SMILES string of the molecule is CCCCCC(NN)C(CCC)OCC. The maximum atomic E-state index is 5.72. The van der Waals surface area contributed by atoms with Crippen LogP contribution >= 0.6 is 0 Å². The molecule has 0 fully saturated rings. The fourth-order valence-electron chi connectivity index (χ4n) is 1.89. The lowest BCUT2D eigenvalue weighted by Gasteiger charge is -2.26. The number of unbranched alkanes of at least 4 members (excludes halogenated alkanes) is 2. The third-order valence-electron chi connectivity index (χ3n) is 2.74. The van der Waals surface area contributed by atoms with Crippen LogP contribution in [0.15, 0.2) is 0 Å². The number of hydrogen-bond donors (Lipinski definition) is 2. The summed E-state index contributed by atoms with van der Waals surface area (Å²) in [6, 6.07) is 0.316.